The van der Waals surface area contributed by atoms with Gasteiger partial charge in [-0.25, -0.2) is 4.98 Å². The minimum atomic E-state index is 0.107. The molecule has 128 valence electrons. The standard InChI is InChI=1S/C20H32N2O/c1-7-11-20(6,8-2)19(23-9-3)18-16(15(4)5)10-12-22-14-21-13-17(18)22/h10,12-15,19H,7-9,11H2,1-6H3/t19-,20-/m1/s1. The van der Waals surface area contributed by atoms with Crippen LogP contribution in [0.2, 0.25) is 0 Å². The van der Waals surface area contributed by atoms with Gasteiger partial charge in [0, 0.05) is 18.4 Å². The van der Waals surface area contributed by atoms with Crippen molar-refractivity contribution in [3.63, 3.8) is 0 Å². The molecule has 0 saturated carbocycles. The average Bonchev–Trinajstić information content (AvgIpc) is 3.00. The molecule has 0 aliphatic rings. The summed E-state index contributed by atoms with van der Waals surface area (Å²) >= 11 is 0. The largest absolute Gasteiger partial charge is 0.373 e. The molecule has 2 rings (SSSR count). The molecule has 2 aromatic heterocycles. The van der Waals surface area contributed by atoms with Crippen LogP contribution in [0.25, 0.3) is 5.52 Å². The molecule has 0 unspecified atom stereocenters. The van der Waals surface area contributed by atoms with Crippen molar-refractivity contribution in [3.05, 3.63) is 35.9 Å². The summed E-state index contributed by atoms with van der Waals surface area (Å²) in [4.78, 5) is 4.37. The number of pyridine rings is 1. The lowest BCUT2D eigenvalue weighted by atomic mass is 9.73. The Balaban J connectivity index is 2.68. The van der Waals surface area contributed by atoms with Gasteiger partial charge in [-0.1, -0.05) is 41.0 Å². The predicted molar refractivity (Wildman–Crippen MR) is 97.0 cm³/mol. The highest BCUT2D eigenvalue weighted by Gasteiger charge is 2.36. The van der Waals surface area contributed by atoms with Gasteiger partial charge in [0.2, 0.25) is 0 Å². The van der Waals surface area contributed by atoms with Crippen molar-refractivity contribution in [2.75, 3.05) is 6.61 Å². The molecule has 0 bridgehead atoms. The first-order valence-corrected chi connectivity index (χ1v) is 9.04. The lowest BCUT2D eigenvalue weighted by Crippen LogP contribution is -2.29. The fourth-order valence-corrected chi connectivity index (χ4v) is 3.68. The van der Waals surface area contributed by atoms with Gasteiger partial charge in [0.1, 0.15) is 0 Å². The van der Waals surface area contributed by atoms with Gasteiger partial charge in [-0.05, 0) is 42.7 Å². The van der Waals surface area contributed by atoms with Crippen LogP contribution in [0.4, 0.5) is 0 Å². The van der Waals surface area contributed by atoms with Crippen LogP contribution in [0.1, 0.15) is 84.0 Å². The highest BCUT2D eigenvalue weighted by atomic mass is 16.5. The maximum absolute atomic E-state index is 6.36. The summed E-state index contributed by atoms with van der Waals surface area (Å²) in [6.07, 6.45) is 9.54. The van der Waals surface area contributed by atoms with Gasteiger partial charge < -0.3 is 9.14 Å². The fourth-order valence-electron chi connectivity index (χ4n) is 3.68. The van der Waals surface area contributed by atoms with Crippen molar-refractivity contribution >= 4 is 5.52 Å². The first kappa shape index (κ1) is 18.0. The molecule has 3 nitrogen and oxygen atoms in total. The molecule has 0 fully saturated rings. The van der Waals surface area contributed by atoms with Gasteiger partial charge in [-0.3, -0.25) is 0 Å². The van der Waals surface area contributed by atoms with E-state index >= 15 is 0 Å². The maximum atomic E-state index is 6.36. The van der Waals surface area contributed by atoms with Crippen LogP contribution in [0.5, 0.6) is 0 Å². The summed E-state index contributed by atoms with van der Waals surface area (Å²) in [5, 5.41) is 0. The normalized spacial score (nSPS) is 16.0. The molecular weight excluding hydrogens is 284 g/mol. The topological polar surface area (TPSA) is 26.5 Å². The lowest BCUT2D eigenvalue weighted by Gasteiger charge is -2.38. The number of rotatable bonds is 8. The monoisotopic (exact) mass is 316 g/mol. The second-order valence-electron chi connectivity index (χ2n) is 7.12. The zero-order chi connectivity index (χ0) is 17.0. The average molecular weight is 316 g/mol. The van der Waals surface area contributed by atoms with E-state index in [1.54, 1.807) is 0 Å². The molecule has 0 saturated heterocycles. The zero-order valence-corrected chi connectivity index (χ0v) is 15.6. The van der Waals surface area contributed by atoms with Gasteiger partial charge in [-0.15, -0.1) is 0 Å². The number of imidazole rings is 1. The van der Waals surface area contributed by atoms with Gasteiger partial charge in [-0.2, -0.15) is 0 Å². The molecule has 0 N–H and O–H groups in total. The van der Waals surface area contributed by atoms with E-state index in [4.69, 9.17) is 4.74 Å². The Bertz CT molecular complexity index is 632. The fraction of sp³-hybridized carbons (Fsp3) is 0.650. The second-order valence-corrected chi connectivity index (χ2v) is 7.12. The number of fused-ring (bicyclic) bond motifs is 1. The molecule has 2 heterocycles. The van der Waals surface area contributed by atoms with E-state index < -0.39 is 0 Å². The predicted octanol–water partition coefficient (Wildman–Crippen LogP) is 5.75. The first-order valence-electron chi connectivity index (χ1n) is 9.04. The van der Waals surface area contributed by atoms with Crippen molar-refractivity contribution in [1.82, 2.24) is 9.38 Å². The Morgan fingerprint density at radius 3 is 2.57 bits per heavy atom. The van der Waals surface area contributed by atoms with Crippen molar-refractivity contribution in [2.45, 2.75) is 72.8 Å². The summed E-state index contributed by atoms with van der Waals surface area (Å²) in [6, 6.07) is 2.24. The Morgan fingerprint density at radius 2 is 2.00 bits per heavy atom. The molecule has 0 spiro atoms. The smallest absolute Gasteiger partial charge is 0.0992 e. The van der Waals surface area contributed by atoms with E-state index in [-0.39, 0.29) is 11.5 Å². The molecule has 2 atom stereocenters. The molecule has 0 aliphatic carbocycles. The summed E-state index contributed by atoms with van der Waals surface area (Å²) in [5.41, 5.74) is 4.04. The molecule has 0 amide bonds. The van der Waals surface area contributed by atoms with Crippen molar-refractivity contribution in [1.29, 1.82) is 0 Å². The molecule has 3 heteroatoms. The summed E-state index contributed by atoms with van der Waals surface area (Å²) in [5.74, 6) is 0.468. The highest BCUT2D eigenvalue weighted by molar-refractivity contribution is 5.59. The number of ether oxygens (including phenoxy) is 1. The first-order chi connectivity index (χ1) is 11.0. The maximum Gasteiger partial charge on any atom is 0.0992 e. The third-order valence-electron chi connectivity index (χ3n) is 5.15. The van der Waals surface area contributed by atoms with Gasteiger partial charge >= 0.3 is 0 Å². The van der Waals surface area contributed by atoms with E-state index in [0.29, 0.717) is 5.92 Å². The lowest BCUT2D eigenvalue weighted by molar-refractivity contribution is -0.0372. The van der Waals surface area contributed by atoms with Crippen LogP contribution < -0.4 is 0 Å². The summed E-state index contributed by atoms with van der Waals surface area (Å²) in [7, 11) is 0. The number of nitrogens with zero attached hydrogens (tertiary/aromatic N) is 2. The number of aromatic nitrogens is 2. The molecule has 23 heavy (non-hydrogen) atoms. The summed E-state index contributed by atoms with van der Waals surface area (Å²) in [6.45, 7) is 14.3. The van der Waals surface area contributed by atoms with E-state index in [2.05, 4.69) is 63.2 Å². The van der Waals surface area contributed by atoms with Crippen molar-refractivity contribution in [2.24, 2.45) is 5.41 Å². The second kappa shape index (κ2) is 7.48. The molecule has 0 aromatic carbocycles. The van der Waals surface area contributed by atoms with Crippen LogP contribution in [0.15, 0.2) is 24.8 Å². The third kappa shape index (κ3) is 3.45. The van der Waals surface area contributed by atoms with Crippen molar-refractivity contribution < 1.29 is 4.74 Å². The highest BCUT2D eigenvalue weighted by Crippen LogP contribution is 2.46. The Kier molecular flexibility index (Phi) is 5.85. The van der Waals surface area contributed by atoms with E-state index in [9.17, 15) is 0 Å². The Morgan fingerprint density at radius 1 is 1.26 bits per heavy atom. The Hall–Kier alpha value is -1.35. The van der Waals surface area contributed by atoms with Crippen LogP contribution in [0.3, 0.4) is 0 Å². The minimum absolute atomic E-state index is 0.107. The molecule has 0 radical (unpaired) electrons. The van der Waals surface area contributed by atoms with Gasteiger partial charge in [0.15, 0.2) is 0 Å². The molecule has 0 aliphatic heterocycles. The zero-order valence-electron chi connectivity index (χ0n) is 15.6. The van der Waals surface area contributed by atoms with Gasteiger partial charge in [0.25, 0.3) is 0 Å². The van der Waals surface area contributed by atoms with Crippen LogP contribution in [-0.2, 0) is 4.74 Å². The molecular formula is C20H32N2O. The van der Waals surface area contributed by atoms with E-state index in [1.165, 1.54) is 29.5 Å². The van der Waals surface area contributed by atoms with Gasteiger partial charge in [0.05, 0.1) is 24.1 Å². The van der Waals surface area contributed by atoms with Crippen LogP contribution in [0, 0.1) is 5.41 Å². The number of hydrogen-bond donors (Lipinski definition) is 0. The van der Waals surface area contributed by atoms with Crippen LogP contribution >= 0.6 is 0 Å². The van der Waals surface area contributed by atoms with Crippen LogP contribution in [-0.4, -0.2) is 16.0 Å². The SMILES string of the molecule is CCC[C@@](C)(CC)[C@H](OCC)c1c(C(C)C)ccn2cncc12. The van der Waals surface area contributed by atoms with E-state index in [0.717, 1.165) is 13.0 Å². The third-order valence-corrected chi connectivity index (χ3v) is 5.15. The summed E-state index contributed by atoms with van der Waals surface area (Å²) < 4.78 is 8.48. The van der Waals surface area contributed by atoms with Crippen molar-refractivity contribution in [3.8, 4) is 0 Å². The minimum Gasteiger partial charge on any atom is -0.373 e. The number of hydrogen-bond acceptors (Lipinski definition) is 2. The quantitative estimate of drug-likeness (QED) is 0.619. The molecule has 2 aromatic rings. The Labute approximate surface area is 141 Å². The van der Waals surface area contributed by atoms with E-state index in [1.807, 2.05) is 12.5 Å².